The highest BCUT2D eigenvalue weighted by Crippen LogP contribution is 2.27. The molecule has 0 fully saturated rings. The summed E-state index contributed by atoms with van der Waals surface area (Å²) in [6.45, 7) is 6.43. The van der Waals surface area contributed by atoms with Gasteiger partial charge in [-0.1, -0.05) is 13.0 Å². The van der Waals surface area contributed by atoms with Gasteiger partial charge in [-0.05, 0) is 37.0 Å². The van der Waals surface area contributed by atoms with Crippen molar-refractivity contribution in [1.29, 1.82) is 0 Å². The lowest BCUT2D eigenvalue weighted by molar-refractivity contribution is 0.241. The summed E-state index contributed by atoms with van der Waals surface area (Å²) in [6.07, 6.45) is 0.872. The summed E-state index contributed by atoms with van der Waals surface area (Å²) in [6, 6.07) is 5.98. The molecule has 1 aromatic rings. The molecule has 0 heterocycles. The fraction of sp³-hybridized carbons (Fsp3) is 0.611. The van der Waals surface area contributed by atoms with E-state index in [1.807, 2.05) is 39.1 Å². The highest BCUT2D eigenvalue weighted by atomic mass is 127. The van der Waals surface area contributed by atoms with Crippen LogP contribution in [0.15, 0.2) is 23.2 Å². The van der Waals surface area contributed by atoms with E-state index in [0.29, 0.717) is 6.54 Å². The van der Waals surface area contributed by atoms with Gasteiger partial charge in [0.2, 0.25) is 0 Å². The molecule has 1 aromatic carbocycles. The highest BCUT2D eigenvalue weighted by Gasteiger charge is 2.09. The number of methoxy groups -OCH3 is 2. The Hall–Kier alpha value is -1.22. The van der Waals surface area contributed by atoms with Gasteiger partial charge in [0.1, 0.15) is 0 Å². The van der Waals surface area contributed by atoms with Crippen molar-refractivity contribution < 1.29 is 14.6 Å². The lowest BCUT2D eigenvalue weighted by Crippen LogP contribution is -2.40. The van der Waals surface area contributed by atoms with E-state index >= 15 is 0 Å². The topological polar surface area (TPSA) is 66.3 Å². The van der Waals surface area contributed by atoms with E-state index in [0.717, 1.165) is 37.0 Å². The molecule has 0 spiro atoms. The number of ether oxygens (including phenoxy) is 2. The van der Waals surface area contributed by atoms with Gasteiger partial charge in [-0.15, -0.1) is 24.0 Å². The fourth-order valence-electron chi connectivity index (χ4n) is 2.21. The molecule has 144 valence electrons. The van der Waals surface area contributed by atoms with Crippen molar-refractivity contribution >= 4 is 29.9 Å². The van der Waals surface area contributed by atoms with Gasteiger partial charge in [0, 0.05) is 33.3 Å². The number of nitrogens with one attached hydrogen (secondary N) is 1. The van der Waals surface area contributed by atoms with Gasteiger partial charge in [-0.3, -0.25) is 4.99 Å². The Morgan fingerprint density at radius 2 is 1.96 bits per heavy atom. The summed E-state index contributed by atoms with van der Waals surface area (Å²) in [5.41, 5.74) is 1.18. The minimum atomic E-state index is 0. The third kappa shape index (κ3) is 8.13. The zero-order valence-electron chi connectivity index (χ0n) is 15.9. The van der Waals surface area contributed by atoms with Gasteiger partial charge >= 0.3 is 0 Å². The standard InChI is InChI=1S/C18H31N3O3.HI/c1-6-19-18(20-12-14(2)13-22)21(3)10-9-15-7-8-16(23-4)17(11-15)24-5;/h7-8,11,14,22H,6,9-10,12-13H2,1-5H3,(H,19,20);1H. The van der Waals surface area contributed by atoms with Crippen molar-refractivity contribution in [3.05, 3.63) is 23.8 Å². The second kappa shape index (κ2) is 13.0. The van der Waals surface area contributed by atoms with Crippen molar-refractivity contribution in [2.45, 2.75) is 20.3 Å². The molecule has 0 saturated heterocycles. The van der Waals surface area contributed by atoms with Gasteiger partial charge < -0.3 is 24.8 Å². The maximum Gasteiger partial charge on any atom is 0.193 e. The Morgan fingerprint density at radius 3 is 2.52 bits per heavy atom. The van der Waals surface area contributed by atoms with Crippen LogP contribution in [-0.2, 0) is 6.42 Å². The normalized spacial score (nSPS) is 12.2. The maximum atomic E-state index is 9.13. The summed E-state index contributed by atoms with van der Waals surface area (Å²) in [4.78, 5) is 6.69. The summed E-state index contributed by atoms with van der Waals surface area (Å²) in [5, 5.41) is 12.4. The zero-order valence-corrected chi connectivity index (χ0v) is 18.2. The van der Waals surface area contributed by atoms with E-state index in [9.17, 15) is 0 Å². The average molecular weight is 465 g/mol. The number of likely N-dealkylation sites (N-methyl/N-ethyl adjacent to an activating group) is 1. The van der Waals surface area contributed by atoms with Crippen LogP contribution in [0.5, 0.6) is 11.5 Å². The Labute approximate surface area is 168 Å². The maximum absolute atomic E-state index is 9.13. The molecular formula is C18H32IN3O3. The number of aliphatic imine (C=N–C) groups is 1. The molecule has 25 heavy (non-hydrogen) atoms. The fourth-order valence-corrected chi connectivity index (χ4v) is 2.21. The molecule has 6 nitrogen and oxygen atoms in total. The number of aliphatic hydroxyl groups is 1. The Bertz CT molecular complexity index is 526. The van der Waals surface area contributed by atoms with Gasteiger partial charge in [-0.25, -0.2) is 0 Å². The average Bonchev–Trinajstić information content (AvgIpc) is 2.62. The van der Waals surface area contributed by atoms with Crippen molar-refractivity contribution in [3.8, 4) is 11.5 Å². The van der Waals surface area contributed by atoms with E-state index in [1.165, 1.54) is 5.56 Å². The lowest BCUT2D eigenvalue weighted by atomic mass is 10.1. The predicted octanol–water partition coefficient (Wildman–Crippen LogP) is 2.39. The van der Waals surface area contributed by atoms with E-state index in [4.69, 9.17) is 14.6 Å². The molecule has 0 aliphatic rings. The largest absolute Gasteiger partial charge is 0.493 e. The first kappa shape index (κ1) is 23.8. The predicted molar refractivity (Wildman–Crippen MR) is 114 cm³/mol. The number of hydrogen-bond acceptors (Lipinski definition) is 4. The molecule has 0 aliphatic carbocycles. The second-order valence-corrected chi connectivity index (χ2v) is 5.84. The Morgan fingerprint density at radius 1 is 1.28 bits per heavy atom. The Kier molecular flexibility index (Phi) is 12.4. The molecule has 1 atom stereocenters. The van der Waals surface area contributed by atoms with Crippen LogP contribution in [0.3, 0.4) is 0 Å². The van der Waals surface area contributed by atoms with Gasteiger partial charge in [0.15, 0.2) is 17.5 Å². The molecule has 2 N–H and O–H groups in total. The van der Waals surface area contributed by atoms with Gasteiger partial charge in [0.05, 0.1) is 14.2 Å². The van der Waals surface area contributed by atoms with E-state index in [1.54, 1.807) is 14.2 Å². The van der Waals surface area contributed by atoms with Crippen molar-refractivity contribution in [3.63, 3.8) is 0 Å². The number of aliphatic hydroxyl groups excluding tert-OH is 1. The van der Waals surface area contributed by atoms with E-state index < -0.39 is 0 Å². The molecule has 0 aromatic heterocycles. The molecule has 7 heteroatoms. The minimum Gasteiger partial charge on any atom is -0.493 e. The number of hydrogen-bond donors (Lipinski definition) is 2. The molecule has 0 saturated carbocycles. The van der Waals surface area contributed by atoms with Crippen LogP contribution < -0.4 is 14.8 Å². The zero-order chi connectivity index (χ0) is 17.9. The van der Waals surface area contributed by atoms with Crippen molar-refractivity contribution in [1.82, 2.24) is 10.2 Å². The van der Waals surface area contributed by atoms with Gasteiger partial charge in [-0.2, -0.15) is 0 Å². The van der Waals surface area contributed by atoms with Gasteiger partial charge in [0.25, 0.3) is 0 Å². The molecule has 0 aliphatic heterocycles. The number of guanidine groups is 1. The van der Waals surface area contributed by atoms with E-state index in [-0.39, 0.29) is 36.5 Å². The number of halogens is 1. The van der Waals surface area contributed by atoms with Crippen LogP contribution >= 0.6 is 24.0 Å². The summed E-state index contributed by atoms with van der Waals surface area (Å²) >= 11 is 0. The van der Waals surface area contributed by atoms with Crippen LogP contribution in [0.1, 0.15) is 19.4 Å². The first-order chi connectivity index (χ1) is 11.5. The number of nitrogens with zero attached hydrogens (tertiary/aromatic N) is 2. The number of rotatable bonds is 9. The second-order valence-electron chi connectivity index (χ2n) is 5.84. The van der Waals surface area contributed by atoms with Crippen molar-refractivity contribution in [2.24, 2.45) is 10.9 Å². The third-order valence-corrected chi connectivity index (χ3v) is 3.74. The summed E-state index contributed by atoms with van der Waals surface area (Å²) in [5.74, 6) is 2.51. The molecule has 0 bridgehead atoms. The molecule has 0 amide bonds. The summed E-state index contributed by atoms with van der Waals surface area (Å²) < 4.78 is 10.6. The van der Waals surface area contributed by atoms with Crippen LogP contribution in [-0.4, -0.2) is 63.5 Å². The summed E-state index contributed by atoms with van der Waals surface area (Å²) in [7, 11) is 5.30. The van der Waals surface area contributed by atoms with Crippen LogP contribution in [0.2, 0.25) is 0 Å². The molecule has 0 radical (unpaired) electrons. The third-order valence-electron chi connectivity index (χ3n) is 3.74. The molecular weight excluding hydrogens is 433 g/mol. The quantitative estimate of drug-likeness (QED) is 0.333. The molecule has 1 rings (SSSR count). The smallest absolute Gasteiger partial charge is 0.193 e. The first-order valence-corrected chi connectivity index (χ1v) is 8.36. The SMILES string of the molecule is CCNC(=NCC(C)CO)N(C)CCc1ccc(OC)c(OC)c1.I. The molecule has 1 unspecified atom stereocenters. The monoisotopic (exact) mass is 465 g/mol. The van der Waals surface area contributed by atoms with Crippen LogP contribution in [0, 0.1) is 5.92 Å². The van der Waals surface area contributed by atoms with Crippen molar-refractivity contribution in [2.75, 3.05) is 47.5 Å². The number of benzene rings is 1. The Balaban J connectivity index is 0.00000576. The van der Waals surface area contributed by atoms with Crippen LogP contribution in [0.4, 0.5) is 0 Å². The van der Waals surface area contributed by atoms with Crippen LogP contribution in [0.25, 0.3) is 0 Å². The first-order valence-electron chi connectivity index (χ1n) is 8.36. The lowest BCUT2D eigenvalue weighted by Gasteiger charge is -2.22. The minimum absolute atomic E-state index is 0. The highest BCUT2D eigenvalue weighted by molar-refractivity contribution is 14.0. The van der Waals surface area contributed by atoms with E-state index in [2.05, 4.69) is 15.2 Å².